The maximum absolute atomic E-state index is 11.8. The molecule has 8 nitrogen and oxygen atoms in total. The Labute approximate surface area is 401 Å². The first-order chi connectivity index (χ1) is 33.1. The second-order valence-electron chi connectivity index (χ2n) is 15.3. The molecule has 8 N–H and O–H groups in total. The average molecular weight is 913 g/mol. The van der Waals surface area contributed by atoms with Crippen LogP contribution in [0, 0.1) is 0 Å². The molecule has 352 valence electrons. The van der Waals surface area contributed by atoms with E-state index in [0.29, 0.717) is 66.8 Å². The predicted molar refractivity (Wildman–Crippen MR) is 274 cm³/mol. The van der Waals surface area contributed by atoms with Crippen molar-refractivity contribution >= 4 is 0 Å². The zero-order valence-electron chi connectivity index (χ0n) is 40.1. The summed E-state index contributed by atoms with van der Waals surface area (Å²) < 4.78 is 0. The largest absolute Gasteiger partial charge is 0.507 e. The molecule has 0 spiro atoms. The molecule has 9 rings (SSSR count). The molecule has 0 saturated carbocycles. The molecule has 0 unspecified atom stereocenters. The van der Waals surface area contributed by atoms with Crippen LogP contribution in [0.3, 0.4) is 0 Å². The van der Waals surface area contributed by atoms with Crippen molar-refractivity contribution in [1.82, 2.24) is 0 Å². The SMILES string of the molecule is CC.CC.CC.CC.Oc1cc(O)c2cc1C(c1ccccc1)c1cc(c(O)cc1O)C(c1ccccc1)c1cc(c(O)cc1O)C(c1ccccc1)c1cc(c(O)cc1O)C2c1ccccc1. The van der Waals surface area contributed by atoms with Crippen LogP contribution >= 0.6 is 0 Å². The molecule has 1 aliphatic carbocycles. The predicted octanol–water partition coefficient (Wildman–Crippen LogP) is 14.5. The van der Waals surface area contributed by atoms with Gasteiger partial charge in [-0.25, -0.2) is 0 Å². The second kappa shape index (κ2) is 23.6. The van der Waals surface area contributed by atoms with Gasteiger partial charge in [0.15, 0.2) is 0 Å². The maximum atomic E-state index is 11.8. The van der Waals surface area contributed by atoms with Crippen LogP contribution in [0.15, 0.2) is 170 Å². The third-order valence-electron chi connectivity index (χ3n) is 11.7. The fourth-order valence-corrected chi connectivity index (χ4v) is 8.98. The van der Waals surface area contributed by atoms with Gasteiger partial charge >= 0.3 is 0 Å². The molecule has 0 radical (unpaired) electrons. The standard InChI is InChI=1S/C52H40O8.4C2H6/c53-41-25-43(55)35-21-33(41)49(29-13-5-1-6-14-29)34-22-36(44(56)26-42(34)54)51(31-17-9-3-10-18-31)38-24-40(48(60)28-46(38)58)52(32-19-11-4-12-20-32)39-23-37(45(57)27-47(39)59)50(35)30-15-7-2-8-16-30;4*1-2/h1-28,49-60H;4*1-2H3. The summed E-state index contributed by atoms with van der Waals surface area (Å²) in [6.07, 6.45) is 0. The van der Waals surface area contributed by atoms with E-state index in [-0.39, 0.29) is 46.0 Å². The fourth-order valence-electron chi connectivity index (χ4n) is 8.98. The van der Waals surface area contributed by atoms with Crippen molar-refractivity contribution in [3.8, 4) is 46.0 Å². The lowest BCUT2D eigenvalue weighted by Crippen LogP contribution is -2.13. The quantitative estimate of drug-likeness (QED) is 0.0865. The van der Waals surface area contributed by atoms with E-state index in [0.717, 1.165) is 0 Å². The molecular weight excluding hydrogens is 849 g/mol. The van der Waals surface area contributed by atoms with Crippen LogP contribution in [0.1, 0.15) is 146 Å². The molecule has 0 aliphatic heterocycles. The minimum Gasteiger partial charge on any atom is -0.507 e. The molecule has 0 aromatic heterocycles. The number of benzene rings is 8. The number of fused-ring (bicyclic) bond motifs is 8. The van der Waals surface area contributed by atoms with Gasteiger partial charge in [0.25, 0.3) is 0 Å². The van der Waals surface area contributed by atoms with Crippen molar-refractivity contribution < 1.29 is 40.9 Å². The van der Waals surface area contributed by atoms with E-state index in [1.165, 1.54) is 24.3 Å². The Morgan fingerprint density at radius 2 is 0.338 bits per heavy atom. The topological polar surface area (TPSA) is 162 Å². The number of phenols is 8. The molecule has 8 heteroatoms. The lowest BCUT2D eigenvalue weighted by Gasteiger charge is -2.29. The number of hydrogen-bond acceptors (Lipinski definition) is 8. The molecule has 0 atom stereocenters. The highest BCUT2D eigenvalue weighted by Gasteiger charge is 2.35. The zero-order chi connectivity index (χ0) is 49.7. The van der Waals surface area contributed by atoms with Gasteiger partial charge in [-0.2, -0.15) is 0 Å². The Bertz CT molecular complexity index is 2370. The normalized spacial score (nSPS) is 15.5. The Balaban J connectivity index is 0.00000103. The van der Waals surface area contributed by atoms with Gasteiger partial charge in [0.05, 0.1) is 0 Å². The minimum absolute atomic E-state index is 0.271. The Kier molecular flexibility index (Phi) is 17.7. The van der Waals surface area contributed by atoms with Crippen LogP contribution in [0.5, 0.6) is 46.0 Å². The summed E-state index contributed by atoms with van der Waals surface area (Å²) in [4.78, 5) is 0. The van der Waals surface area contributed by atoms with Gasteiger partial charge in [0.1, 0.15) is 46.0 Å². The van der Waals surface area contributed by atoms with Gasteiger partial charge in [-0.1, -0.05) is 177 Å². The monoisotopic (exact) mass is 912 g/mol. The molecule has 8 aromatic rings. The molecule has 8 bridgehead atoms. The minimum atomic E-state index is -0.888. The first kappa shape index (κ1) is 51.1. The smallest absolute Gasteiger partial charge is 0.123 e. The van der Waals surface area contributed by atoms with Crippen molar-refractivity contribution in [1.29, 1.82) is 0 Å². The van der Waals surface area contributed by atoms with E-state index in [2.05, 4.69) is 0 Å². The van der Waals surface area contributed by atoms with Crippen molar-refractivity contribution in [2.45, 2.75) is 79.1 Å². The van der Waals surface area contributed by atoms with Crippen LogP contribution in [0.25, 0.3) is 0 Å². The third kappa shape index (κ3) is 10.2. The third-order valence-corrected chi connectivity index (χ3v) is 11.7. The van der Waals surface area contributed by atoms with Gasteiger partial charge in [0.2, 0.25) is 0 Å². The van der Waals surface area contributed by atoms with Crippen LogP contribution in [-0.4, -0.2) is 40.9 Å². The molecule has 0 amide bonds. The van der Waals surface area contributed by atoms with Crippen LogP contribution in [-0.2, 0) is 0 Å². The summed E-state index contributed by atoms with van der Waals surface area (Å²) in [6, 6.07) is 48.5. The lowest BCUT2D eigenvalue weighted by molar-refractivity contribution is 0.431. The van der Waals surface area contributed by atoms with Crippen LogP contribution in [0.4, 0.5) is 0 Å². The van der Waals surface area contributed by atoms with Crippen molar-refractivity contribution in [2.75, 3.05) is 0 Å². The van der Waals surface area contributed by atoms with E-state index in [9.17, 15) is 40.9 Å². The molecule has 0 saturated heterocycles. The van der Waals surface area contributed by atoms with E-state index in [1.807, 2.05) is 177 Å². The van der Waals surface area contributed by atoms with Crippen molar-refractivity contribution in [3.05, 3.63) is 237 Å². The van der Waals surface area contributed by atoms with E-state index in [1.54, 1.807) is 24.3 Å². The number of aromatic hydroxyl groups is 8. The van der Waals surface area contributed by atoms with E-state index in [4.69, 9.17) is 0 Å². The van der Waals surface area contributed by atoms with E-state index >= 15 is 0 Å². The zero-order valence-corrected chi connectivity index (χ0v) is 40.1. The highest BCUT2D eigenvalue weighted by Crippen LogP contribution is 2.53. The molecular formula is C60H64O8. The second-order valence-corrected chi connectivity index (χ2v) is 15.3. The van der Waals surface area contributed by atoms with Crippen molar-refractivity contribution in [2.24, 2.45) is 0 Å². The molecule has 8 aromatic carbocycles. The number of rotatable bonds is 4. The molecule has 0 heterocycles. The summed E-state index contributed by atoms with van der Waals surface area (Å²) in [5.41, 5.74) is 5.12. The highest BCUT2D eigenvalue weighted by molar-refractivity contribution is 5.67. The number of hydrogen-bond donors (Lipinski definition) is 8. The van der Waals surface area contributed by atoms with Gasteiger partial charge in [-0.3, -0.25) is 0 Å². The maximum Gasteiger partial charge on any atom is 0.123 e. The van der Waals surface area contributed by atoms with Crippen LogP contribution < -0.4 is 0 Å². The summed E-state index contributed by atoms with van der Waals surface area (Å²) in [7, 11) is 0. The Hall–Kier alpha value is -7.84. The summed E-state index contributed by atoms with van der Waals surface area (Å²) in [5.74, 6) is -5.72. The van der Waals surface area contributed by atoms with Crippen LogP contribution in [0.2, 0.25) is 0 Å². The fraction of sp³-hybridized carbons (Fsp3) is 0.200. The molecule has 68 heavy (non-hydrogen) atoms. The van der Waals surface area contributed by atoms with Gasteiger partial charge in [-0.05, 0) is 46.5 Å². The number of phenolic OH excluding ortho intramolecular Hbond substituents is 8. The summed E-state index contributed by atoms with van der Waals surface area (Å²) >= 11 is 0. The van der Waals surface area contributed by atoms with Gasteiger partial charge in [0, 0.05) is 92.4 Å². The molecule has 0 fully saturated rings. The van der Waals surface area contributed by atoms with E-state index < -0.39 is 23.7 Å². The van der Waals surface area contributed by atoms with Gasteiger partial charge < -0.3 is 40.9 Å². The van der Waals surface area contributed by atoms with Gasteiger partial charge in [-0.15, -0.1) is 0 Å². The lowest BCUT2D eigenvalue weighted by atomic mass is 9.75. The summed E-state index contributed by atoms with van der Waals surface area (Å²) in [6.45, 7) is 16.0. The highest BCUT2D eigenvalue weighted by atomic mass is 16.3. The Morgan fingerprint density at radius 3 is 0.471 bits per heavy atom. The molecule has 1 aliphatic rings. The van der Waals surface area contributed by atoms with Crippen molar-refractivity contribution in [3.63, 3.8) is 0 Å². The first-order valence-electron chi connectivity index (χ1n) is 23.5. The summed E-state index contributed by atoms with van der Waals surface area (Å²) in [5, 5.41) is 94.8. The average Bonchev–Trinajstić information content (AvgIpc) is 3.37. The Morgan fingerprint density at radius 1 is 0.206 bits per heavy atom. The first-order valence-corrected chi connectivity index (χ1v) is 23.5.